The summed E-state index contributed by atoms with van der Waals surface area (Å²) in [6, 6.07) is 0. The Bertz CT molecular complexity index is 232. The van der Waals surface area contributed by atoms with E-state index >= 15 is 0 Å². The lowest BCUT2D eigenvalue weighted by molar-refractivity contribution is -0.219. The Morgan fingerprint density at radius 3 is 2.87 bits per heavy atom. The first-order chi connectivity index (χ1) is 7.26. The molecule has 1 spiro atoms. The van der Waals surface area contributed by atoms with Gasteiger partial charge in [-0.1, -0.05) is 0 Å². The van der Waals surface area contributed by atoms with Crippen molar-refractivity contribution in [1.82, 2.24) is 5.32 Å². The number of hydrogen-bond acceptors (Lipinski definition) is 5. The fourth-order valence-electron chi connectivity index (χ4n) is 2.11. The van der Waals surface area contributed by atoms with E-state index in [0.29, 0.717) is 13.2 Å². The number of nitrogens with one attached hydrogen (secondary N) is 1. The largest absolute Gasteiger partial charge is 0.467 e. The molecule has 1 atom stereocenters. The lowest BCUT2D eigenvalue weighted by Crippen LogP contribution is -2.55. The van der Waals surface area contributed by atoms with E-state index in [4.69, 9.17) is 9.47 Å². The van der Waals surface area contributed by atoms with Crippen molar-refractivity contribution in [2.45, 2.75) is 24.5 Å². The Kier molecular flexibility index (Phi) is 3.23. The van der Waals surface area contributed by atoms with E-state index in [9.17, 15) is 4.79 Å². The molecule has 1 N–H and O–H groups in total. The topological polar surface area (TPSA) is 56.8 Å². The van der Waals surface area contributed by atoms with Crippen LogP contribution in [0.25, 0.3) is 0 Å². The summed E-state index contributed by atoms with van der Waals surface area (Å²) < 4.78 is 15.9. The molecule has 2 aliphatic heterocycles. The smallest absolute Gasteiger partial charge is 0.337 e. The fourth-order valence-corrected chi connectivity index (χ4v) is 2.11. The van der Waals surface area contributed by atoms with Crippen molar-refractivity contribution in [3.05, 3.63) is 0 Å². The number of piperidine rings is 1. The summed E-state index contributed by atoms with van der Waals surface area (Å²) in [4.78, 5) is 11.3. The van der Waals surface area contributed by atoms with Gasteiger partial charge in [0.2, 0.25) is 0 Å². The zero-order valence-electron chi connectivity index (χ0n) is 8.95. The summed E-state index contributed by atoms with van der Waals surface area (Å²) >= 11 is 0. The molecule has 0 aliphatic carbocycles. The molecular formula is C10H17NO4. The van der Waals surface area contributed by atoms with E-state index in [1.54, 1.807) is 0 Å². The Balaban J connectivity index is 1.99. The molecule has 2 rings (SSSR count). The molecule has 2 fully saturated rings. The van der Waals surface area contributed by atoms with Crippen molar-refractivity contribution in [2.75, 3.05) is 33.4 Å². The molecule has 0 saturated carbocycles. The third-order valence-electron chi connectivity index (χ3n) is 3.01. The van der Waals surface area contributed by atoms with Gasteiger partial charge in [0.25, 0.3) is 0 Å². The van der Waals surface area contributed by atoms with Crippen molar-refractivity contribution in [1.29, 1.82) is 0 Å². The van der Waals surface area contributed by atoms with Crippen molar-refractivity contribution in [2.24, 2.45) is 0 Å². The monoisotopic (exact) mass is 215 g/mol. The highest BCUT2D eigenvalue weighted by Crippen LogP contribution is 2.29. The van der Waals surface area contributed by atoms with Crippen LogP contribution in [0.5, 0.6) is 0 Å². The molecule has 15 heavy (non-hydrogen) atoms. The summed E-state index contributed by atoms with van der Waals surface area (Å²) in [5.74, 6) is -0.340. The van der Waals surface area contributed by atoms with Gasteiger partial charge < -0.3 is 19.5 Å². The van der Waals surface area contributed by atoms with Gasteiger partial charge in [-0.2, -0.15) is 0 Å². The van der Waals surface area contributed by atoms with Gasteiger partial charge in [0.05, 0.1) is 25.9 Å². The van der Waals surface area contributed by atoms with Gasteiger partial charge in [-0.3, -0.25) is 0 Å². The van der Waals surface area contributed by atoms with Crippen LogP contribution in [0.15, 0.2) is 0 Å². The summed E-state index contributed by atoms with van der Waals surface area (Å²) in [7, 11) is 1.37. The molecule has 86 valence electrons. The summed E-state index contributed by atoms with van der Waals surface area (Å²) in [5.41, 5.74) is -0.275. The maximum atomic E-state index is 11.3. The zero-order valence-corrected chi connectivity index (χ0v) is 8.95. The average molecular weight is 215 g/mol. The number of carbonyl (C=O) groups is 1. The highest BCUT2D eigenvalue weighted by molar-refractivity contribution is 5.74. The lowest BCUT2D eigenvalue weighted by atomic mass is 9.92. The minimum atomic E-state index is -0.554. The predicted octanol–water partition coefficient (Wildman–Crippen LogP) is -0.303. The van der Waals surface area contributed by atoms with Crippen LogP contribution in [-0.4, -0.2) is 51.1 Å². The second-order valence-electron chi connectivity index (χ2n) is 4.08. The van der Waals surface area contributed by atoms with Gasteiger partial charge in [0, 0.05) is 0 Å². The van der Waals surface area contributed by atoms with Crippen LogP contribution in [0.1, 0.15) is 12.8 Å². The number of ether oxygens (including phenoxy) is 3. The van der Waals surface area contributed by atoms with Crippen molar-refractivity contribution in [3.8, 4) is 0 Å². The van der Waals surface area contributed by atoms with Gasteiger partial charge in [-0.25, -0.2) is 4.79 Å². The Hall–Kier alpha value is -0.650. The second-order valence-corrected chi connectivity index (χ2v) is 4.08. The summed E-state index contributed by atoms with van der Waals surface area (Å²) in [6.07, 6.45) is 1.22. The highest BCUT2D eigenvalue weighted by atomic mass is 16.6. The van der Waals surface area contributed by atoms with Gasteiger partial charge in [-0.05, 0) is 25.9 Å². The molecular weight excluding hydrogens is 198 g/mol. The number of methoxy groups -OCH3 is 1. The SMILES string of the molecule is COC(=O)C1COCC2(CCNCC2)O1. The maximum absolute atomic E-state index is 11.3. The molecule has 0 aromatic carbocycles. The summed E-state index contributed by atoms with van der Waals surface area (Å²) in [5, 5.41) is 3.26. The minimum absolute atomic E-state index is 0.275. The zero-order chi connectivity index (χ0) is 10.7. The van der Waals surface area contributed by atoms with Crippen LogP contribution in [-0.2, 0) is 19.0 Å². The molecule has 2 aliphatic rings. The van der Waals surface area contributed by atoms with Crippen LogP contribution in [0.4, 0.5) is 0 Å². The molecule has 0 amide bonds. The molecule has 0 radical (unpaired) electrons. The molecule has 2 saturated heterocycles. The lowest BCUT2D eigenvalue weighted by Gasteiger charge is -2.42. The van der Waals surface area contributed by atoms with Crippen molar-refractivity contribution < 1.29 is 19.0 Å². The van der Waals surface area contributed by atoms with E-state index in [1.807, 2.05) is 0 Å². The number of hydrogen-bond donors (Lipinski definition) is 1. The molecule has 0 bridgehead atoms. The molecule has 5 heteroatoms. The Morgan fingerprint density at radius 2 is 2.20 bits per heavy atom. The Morgan fingerprint density at radius 1 is 1.47 bits per heavy atom. The van der Waals surface area contributed by atoms with Gasteiger partial charge in [0.1, 0.15) is 0 Å². The first kappa shape index (κ1) is 10.9. The van der Waals surface area contributed by atoms with Gasteiger partial charge >= 0.3 is 5.97 Å². The van der Waals surface area contributed by atoms with Crippen LogP contribution in [0.3, 0.4) is 0 Å². The van der Waals surface area contributed by atoms with Gasteiger partial charge in [0.15, 0.2) is 6.10 Å². The number of esters is 1. The van der Waals surface area contributed by atoms with E-state index in [-0.39, 0.29) is 11.6 Å². The van der Waals surface area contributed by atoms with E-state index in [0.717, 1.165) is 25.9 Å². The van der Waals surface area contributed by atoms with Crippen LogP contribution in [0.2, 0.25) is 0 Å². The standard InChI is InChI=1S/C10H17NO4/c1-13-9(12)8-6-14-7-10(15-8)2-4-11-5-3-10/h8,11H,2-7H2,1H3. The fraction of sp³-hybridized carbons (Fsp3) is 0.900. The van der Waals surface area contributed by atoms with E-state index < -0.39 is 6.10 Å². The maximum Gasteiger partial charge on any atom is 0.337 e. The molecule has 0 aromatic rings. The number of rotatable bonds is 1. The molecule has 1 unspecified atom stereocenters. The minimum Gasteiger partial charge on any atom is -0.467 e. The molecule has 5 nitrogen and oxygen atoms in total. The van der Waals surface area contributed by atoms with E-state index in [1.165, 1.54) is 7.11 Å². The second kappa shape index (κ2) is 4.47. The molecule has 2 heterocycles. The highest BCUT2D eigenvalue weighted by Gasteiger charge is 2.41. The first-order valence-electron chi connectivity index (χ1n) is 5.30. The first-order valence-corrected chi connectivity index (χ1v) is 5.30. The van der Waals surface area contributed by atoms with Crippen LogP contribution < -0.4 is 5.32 Å². The van der Waals surface area contributed by atoms with Crippen molar-refractivity contribution in [3.63, 3.8) is 0 Å². The third-order valence-corrected chi connectivity index (χ3v) is 3.01. The summed E-state index contributed by atoms with van der Waals surface area (Å²) in [6.45, 7) is 2.72. The average Bonchev–Trinajstić information content (AvgIpc) is 2.29. The molecule has 0 aromatic heterocycles. The number of carbonyl (C=O) groups excluding carboxylic acids is 1. The van der Waals surface area contributed by atoms with Gasteiger partial charge in [-0.15, -0.1) is 0 Å². The Labute approximate surface area is 89.1 Å². The van der Waals surface area contributed by atoms with Crippen LogP contribution in [0, 0.1) is 0 Å². The third kappa shape index (κ3) is 2.30. The predicted molar refractivity (Wildman–Crippen MR) is 52.5 cm³/mol. The van der Waals surface area contributed by atoms with Crippen LogP contribution >= 0.6 is 0 Å². The van der Waals surface area contributed by atoms with E-state index in [2.05, 4.69) is 10.1 Å². The quantitative estimate of drug-likeness (QED) is 0.608. The normalized spacial score (nSPS) is 30.1. The van der Waals surface area contributed by atoms with Crippen molar-refractivity contribution >= 4 is 5.97 Å².